The van der Waals surface area contributed by atoms with Gasteiger partial charge in [0.05, 0.1) is 9.83 Å². The Balaban J connectivity index is 1.21. The van der Waals surface area contributed by atoms with E-state index in [0.29, 0.717) is 35.5 Å². The molecule has 3 aromatic rings. The zero-order valence-corrected chi connectivity index (χ0v) is 20.3. The molecule has 3 aromatic carbocycles. The number of hydrogen-bond acceptors (Lipinski definition) is 7. The highest BCUT2D eigenvalue weighted by molar-refractivity contribution is 8.18. The van der Waals surface area contributed by atoms with Crippen LogP contribution in [0, 0.1) is 10.1 Å². The Labute approximate surface area is 213 Å². The molecule has 1 fully saturated rings. The quantitative estimate of drug-likeness (QED) is 0.268. The van der Waals surface area contributed by atoms with Crippen LogP contribution in [0.1, 0.15) is 11.1 Å². The van der Waals surface area contributed by atoms with Crippen LogP contribution < -0.4 is 9.64 Å². The minimum atomic E-state index is -0.396. The first-order valence-electron chi connectivity index (χ1n) is 11.6. The molecule has 0 aromatic heterocycles. The summed E-state index contributed by atoms with van der Waals surface area (Å²) in [5.41, 5.74) is 2.94. The number of para-hydroxylation sites is 1. The second kappa shape index (κ2) is 10.7. The summed E-state index contributed by atoms with van der Waals surface area (Å²) in [6, 6.07) is 24.2. The van der Waals surface area contributed by atoms with Crippen molar-refractivity contribution >= 4 is 40.3 Å². The van der Waals surface area contributed by atoms with E-state index in [9.17, 15) is 14.9 Å². The number of amides is 1. The van der Waals surface area contributed by atoms with E-state index in [-0.39, 0.29) is 11.6 Å². The number of thioether (sulfide) groups is 1. The van der Waals surface area contributed by atoms with Gasteiger partial charge >= 0.3 is 0 Å². The molecule has 36 heavy (non-hydrogen) atoms. The molecule has 0 bridgehead atoms. The van der Waals surface area contributed by atoms with E-state index in [0.717, 1.165) is 29.9 Å². The summed E-state index contributed by atoms with van der Waals surface area (Å²) in [7, 11) is 0. The van der Waals surface area contributed by atoms with Crippen molar-refractivity contribution < 1.29 is 14.5 Å². The number of nitro groups is 1. The second-order valence-corrected chi connectivity index (χ2v) is 9.38. The predicted octanol–water partition coefficient (Wildman–Crippen LogP) is 4.97. The lowest BCUT2D eigenvalue weighted by Crippen LogP contribution is -2.47. The van der Waals surface area contributed by atoms with E-state index < -0.39 is 4.92 Å². The van der Waals surface area contributed by atoms with Gasteiger partial charge in [0.1, 0.15) is 12.4 Å². The third-order valence-corrected chi connectivity index (χ3v) is 7.07. The molecule has 0 spiro atoms. The predicted molar refractivity (Wildman–Crippen MR) is 142 cm³/mol. The van der Waals surface area contributed by atoms with Crippen molar-refractivity contribution in [3.8, 4) is 5.75 Å². The summed E-state index contributed by atoms with van der Waals surface area (Å²) in [5, 5.41) is 11.6. The first-order valence-corrected chi connectivity index (χ1v) is 12.4. The highest BCUT2D eigenvalue weighted by Gasteiger charge is 2.29. The Bertz CT molecular complexity index is 1320. The largest absolute Gasteiger partial charge is 0.488 e. The topological polar surface area (TPSA) is 88.3 Å². The lowest BCUT2D eigenvalue weighted by Gasteiger charge is -2.36. The third kappa shape index (κ3) is 5.41. The maximum atomic E-state index is 12.7. The van der Waals surface area contributed by atoms with Crippen LogP contribution in [0.5, 0.6) is 5.75 Å². The number of rotatable bonds is 6. The Hall–Kier alpha value is -4.11. The number of nitro benzene ring substituents is 1. The first-order chi connectivity index (χ1) is 17.6. The van der Waals surface area contributed by atoms with Gasteiger partial charge in [-0.1, -0.05) is 48.5 Å². The van der Waals surface area contributed by atoms with Gasteiger partial charge in [-0.2, -0.15) is 4.99 Å². The fourth-order valence-corrected chi connectivity index (χ4v) is 5.04. The number of piperazine rings is 1. The molecule has 1 amide bonds. The van der Waals surface area contributed by atoms with E-state index in [1.54, 1.807) is 12.1 Å². The average Bonchev–Trinajstić information content (AvgIpc) is 3.29. The zero-order valence-electron chi connectivity index (χ0n) is 19.4. The number of anilines is 1. The van der Waals surface area contributed by atoms with E-state index in [1.807, 2.05) is 60.7 Å². The highest BCUT2D eigenvalue weighted by Crippen LogP contribution is 2.33. The summed E-state index contributed by atoms with van der Waals surface area (Å²) in [5.74, 6) is 0.470. The molecule has 0 aliphatic carbocycles. The number of carbonyl (C=O) groups is 1. The molecule has 2 heterocycles. The van der Waals surface area contributed by atoms with Gasteiger partial charge in [0.2, 0.25) is 0 Å². The van der Waals surface area contributed by atoms with Gasteiger partial charge in [0.15, 0.2) is 5.17 Å². The van der Waals surface area contributed by atoms with Crippen molar-refractivity contribution in [3.63, 3.8) is 0 Å². The Morgan fingerprint density at radius 1 is 0.917 bits per heavy atom. The smallest absolute Gasteiger partial charge is 0.286 e. The maximum absolute atomic E-state index is 12.7. The van der Waals surface area contributed by atoms with E-state index >= 15 is 0 Å². The first kappa shape index (κ1) is 23.6. The Kier molecular flexibility index (Phi) is 6.99. The zero-order chi connectivity index (χ0) is 24.9. The van der Waals surface area contributed by atoms with Crippen molar-refractivity contribution in [3.05, 3.63) is 105 Å². The standard InChI is InChI=1S/C27H24N4O4S/c32-26-25(18-21-8-4-5-9-24(21)35-19-20-6-2-1-3-7-20)36-27(28-26)30-16-14-29(15-17-30)22-10-12-23(13-11-22)31(33)34/h1-13,18H,14-17,19H2. The van der Waals surface area contributed by atoms with E-state index in [4.69, 9.17) is 4.74 Å². The summed E-state index contributed by atoms with van der Waals surface area (Å²) in [4.78, 5) is 32.3. The fraction of sp³-hybridized carbons (Fsp3) is 0.185. The molecule has 0 radical (unpaired) electrons. The third-order valence-electron chi connectivity index (χ3n) is 6.03. The number of aliphatic imine (C=N–C) groups is 1. The molecular formula is C27H24N4O4S. The van der Waals surface area contributed by atoms with Crippen LogP contribution in [0.25, 0.3) is 6.08 Å². The van der Waals surface area contributed by atoms with Gasteiger partial charge in [-0.3, -0.25) is 14.9 Å². The van der Waals surface area contributed by atoms with Crippen LogP contribution in [-0.2, 0) is 11.4 Å². The monoisotopic (exact) mass is 500 g/mol. The van der Waals surface area contributed by atoms with E-state index in [2.05, 4.69) is 14.8 Å². The molecule has 5 rings (SSSR count). The summed E-state index contributed by atoms with van der Waals surface area (Å²) < 4.78 is 6.03. The summed E-state index contributed by atoms with van der Waals surface area (Å²) in [6.45, 7) is 3.34. The van der Waals surface area contributed by atoms with Crippen LogP contribution >= 0.6 is 11.8 Å². The molecule has 2 aliphatic rings. The number of non-ortho nitro benzene ring substituents is 1. The van der Waals surface area contributed by atoms with Crippen LogP contribution in [0.4, 0.5) is 11.4 Å². The fourth-order valence-electron chi connectivity index (χ4n) is 4.08. The number of benzene rings is 3. The maximum Gasteiger partial charge on any atom is 0.286 e. The highest BCUT2D eigenvalue weighted by atomic mass is 32.2. The number of ether oxygens (including phenoxy) is 1. The van der Waals surface area contributed by atoms with Crippen molar-refractivity contribution in [1.82, 2.24) is 4.90 Å². The van der Waals surface area contributed by atoms with Gasteiger partial charge in [-0.05, 0) is 41.6 Å². The van der Waals surface area contributed by atoms with Gasteiger partial charge in [-0.25, -0.2) is 0 Å². The van der Waals surface area contributed by atoms with Crippen LogP contribution in [0.3, 0.4) is 0 Å². The van der Waals surface area contributed by atoms with Crippen LogP contribution in [-0.4, -0.2) is 47.1 Å². The molecular weight excluding hydrogens is 476 g/mol. The van der Waals surface area contributed by atoms with Gasteiger partial charge in [0, 0.05) is 49.6 Å². The molecule has 0 saturated carbocycles. The average molecular weight is 501 g/mol. The lowest BCUT2D eigenvalue weighted by molar-refractivity contribution is -0.384. The van der Waals surface area contributed by atoms with Crippen LogP contribution in [0.15, 0.2) is 88.8 Å². The lowest BCUT2D eigenvalue weighted by atomic mass is 10.2. The molecule has 182 valence electrons. The van der Waals surface area contributed by atoms with Crippen LogP contribution in [0.2, 0.25) is 0 Å². The molecule has 0 atom stereocenters. The number of amidine groups is 1. The van der Waals surface area contributed by atoms with Crippen molar-refractivity contribution in [2.75, 3.05) is 31.1 Å². The number of hydrogen-bond donors (Lipinski definition) is 0. The molecule has 0 N–H and O–H groups in total. The summed E-state index contributed by atoms with van der Waals surface area (Å²) >= 11 is 1.38. The minimum absolute atomic E-state index is 0.0824. The SMILES string of the molecule is O=C1N=C(N2CCN(c3ccc([N+](=O)[O-])cc3)CC2)SC1=Cc1ccccc1OCc1ccccc1. The van der Waals surface area contributed by atoms with Gasteiger partial charge in [0.25, 0.3) is 11.6 Å². The van der Waals surface area contributed by atoms with E-state index in [1.165, 1.54) is 23.9 Å². The number of nitrogens with zero attached hydrogens (tertiary/aromatic N) is 4. The molecule has 9 heteroatoms. The molecule has 0 unspecified atom stereocenters. The van der Waals surface area contributed by atoms with Crippen molar-refractivity contribution in [2.24, 2.45) is 4.99 Å². The Morgan fingerprint density at radius 3 is 2.31 bits per heavy atom. The molecule has 8 nitrogen and oxygen atoms in total. The number of carbonyl (C=O) groups excluding carboxylic acids is 1. The Morgan fingerprint density at radius 2 is 1.58 bits per heavy atom. The van der Waals surface area contributed by atoms with Crippen molar-refractivity contribution in [1.29, 1.82) is 0 Å². The summed E-state index contributed by atoms with van der Waals surface area (Å²) in [6.07, 6.45) is 1.84. The second-order valence-electron chi connectivity index (χ2n) is 8.37. The van der Waals surface area contributed by atoms with Gasteiger partial charge in [-0.15, -0.1) is 0 Å². The minimum Gasteiger partial charge on any atom is -0.488 e. The normalized spacial score (nSPS) is 16.8. The van der Waals surface area contributed by atoms with Crippen molar-refractivity contribution in [2.45, 2.75) is 6.61 Å². The van der Waals surface area contributed by atoms with Gasteiger partial charge < -0.3 is 14.5 Å². The molecule has 2 aliphatic heterocycles. The molecule has 1 saturated heterocycles.